The minimum Gasteiger partial charge on any atom is -0.315 e. The number of rotatable bonds is 9. The fraction of sp³-hybridized carbons (Fsp3) is 0.750. The van der Waals surface area contributed by atoms with Gasteiger partial charge >= 0.3 is 0 Å². The Kier molecular flexibility index (Phi) is 8.38. The van der Waals surface area contributed by atoms with Crippen LogP contribution in [0.2, 0.25) is 0 Å². The maximum absolute atomic E-state index is 14.5. The monoisotopic (exact) mass is 338 g/mol. The summed E-state index contributed by atoms with van der Waals surface area (Å²) in [6.07, 6.45) is 4.68. The Morgan fingerprint density at radius 3 is 2.38 bits per heavy atom. The molecule has 1 aliphatic rings. The molecule has 0 bridgehead atoms. The zero-order valence-electron chi connectivity index (χ0n) is 15.8. The minimum absolute atomic E-state index is 0.227. The van der Waals surface area contributed by atoms with Crippen LogP contribution >= 0.6 is 0 Å². The third-order valence-electron chi connectivity index (χ3n) is 5.76. The first-order valence-electron chi connectivity index (χ1n) is 9.10. The Hall–Kier alpha value is -0.930. The van der Waals surface area contributed by atoms with E-state index in [1.54, 1.807) is 14.0 Å². The molecule has 5 atom stereocenters. The predicted octanol–water partition coefficient (Wildman–Crippen LogP) is 4.75. The van der Waals surface area contributed by atoms with E-state index in [0.717, 1.165) is 6.42 Å². The third-order valence-corrected chi connectivity index (χ3v) is 5.76. The molecule has 1 fully saturated rings. The van der Waals surface area contributed by atoms with Crippen LogP contribution in [0.3, 0.4) is 0 Å². The molecule has 4 heteroatoms. The van der Waals surface area contributed by atoms with E-state index >= 15 is 0 Å². The highest BCUT2D eigenvalue weighted by molar-refractivity contribution is 5.16. The Labute approximate surface area is 147 Å². The Balaban J connectivity index is 2.75. The smallest absolute Gasteiger partial charge is 0.133 e. The summed E-state index contributed by atoms with van der Waals surface area (Å²) in [5.41, 5.74) is 6.55. The predicted molar refractivity (Wildman–Crippen MR) is 98.6 cm³/mol. The van der Waals surface area contributed by atoms with Crippen molar-refractivity contribution in [2.75, 3.05) is 7.05 Å². The Bertz CT molecular complexity index is 466. The van der Waals surface area contributed by atoms with Gasteiger partial charge < -0.3 is 5.21 Å². The van der Waals surface area contributed by atoms with Gasteiger partial charge in [0.2, 0.25) is 0 Å². The molecule has 0 aromatic rings. The van der Waals surface area contributed by atoms with Crippen LogP contribution in [0.15, 0.2) is 30.0 Å². The van der Waals surface area contributed by atoms with Gasteiger partial charge in [-0.1, -0.05) is 38.5 Å². The first-order valence-corrected chi connectivity index (χ1v) is 9.10. The van der Waals surface area contributed by atoms with Crippen molar-refractivity contribution in [1.82, 2.24) is 10.8 Å². The van der Waals surface area contributed by atoms with Crippen LogP contribution in [-0.2, 0) is 0 Å². The number of allylic oxidation sites excluding steroid dienone is 2. The van der Waals surface area contributed by atoms with Gasteiger partial charge in [0.1, 0.15) is 11.8 Å². The van der Waals surface area contributed by atoms with Crippen molar-refractivity contribution in [3.63, 3.8) is 0 Å². The van der Waals surface area contributed by atoms with Crippen molar-refractivity contribution in [3.05, 3.63) is 30.0 Å². The summed E-state index contributed by atoms with van der Waals surface area (Å²) < 4.78 is 14.5. The summed E-state index contributed by atoms with van der Waals surface area (Å²) in [4.78, 5) is 0. The van der Waals surface area contributed by atoms with Crippen molar-refractivity contribution in [2.24, 2.45) is 17.8 Å². The highest BCUT2D eigenvalue weighted by atomic mass is 19.1. The molecule has 3 nitrogen and oxygen atoms in total. The first-order chi connectivity index (χ1) is 11.3. The van der Waals surface area contributed by atoms with Gasteiger partial charge in [-0.05, 0) is 69.9 Å². The molecule has 0 amide bonds. The van der Waals surface area contributed by atoms with Gasteiger partial charge in [-0.15, -0.1) is 5.73 Å². The van der Waals surface area contributed by atoms with Gasteiger partial charge in [0, 0.05) is 0 Å². The van der Waals surface area contributed by atoms with E-state index in [-0.39, 0.29) is 5.92 Å². The molecule has 0 aromatic carbocycles. The summed E-state index contributed by atoms with van der Waals surface area (Å²) in [7, 11) is 1.63. The minimum atomic E-state index is -1.19. The fourth-order valence-corrected chi connectivity index (χ4v) is 3.89. The van der Waals surface area contributed by atoms with E-state index in [0.29, 0.717) is 24.7 Å². The first kappa shape index (κ1) is 21.1. The molecule has 0 saturated heterocycles. The molecule has 0 aliphatic heterocycles. The highest BCUT2D eigenvalue weighted by Gasteiger charge is 2.34. The van der Waals surface area contributed by atoms with Crippen LogP contribution in [0.4, 0.5) is 4.39 Å². The second-order valence-corrected chi connectivity index (χ2v) is 7.49. The Morgan fingerprint density at radius 2 is 1.92 bits per heavy atom. The average Bonchev–Trinajstić information content (AvgIpc) is 2.59. The van der Waals surface area contributed by atoms with Crippen LogP contribution in [0.25, 0.3) is 0 Å². The third kappa shape index (κ3) is 5.03. The molecule has 138 valence electrons. The van der Waals surface area contributed by atoms with Crippen molar-refractivity contribution < 1.29 is 9.60 Å². The van der Waals surface area contributed by atoms with Gasteiger partial charge in [0.15, 0.2) is 0 Å². The lowest BCUT2D eigenvalue weighted by atomic mass is 9.69. The molecular formula is C20H35FN2O. The van der Waals surface area contributed by atoms with E-state index in [2.05, 4.69) is 38.1 Å². The molecular weight excluding hydrogens is 303 g/mol. The molecule has 1 saturated carbocycles. The standard InChI is InChI=1S/C20H35FN2O/c1-7-16(18-11-9-8-10-17(18)14(2)3)15(4)12-13-19(21)20(5,22-6)23-24/h15,17-19,22-24H,1-2,8-13H2,3-6H3. The Morgan fingerprint density at radius 1 is 1.33 bits per heavy atom. The lowest BCUT2D eigenvalue weighted by Gasteiger charge is -2.36. The number of alkyl halides is 1. The lowest BCUT2D eigenvalue weighted by molar-refractivity contribution is -0.00276. The van der Waals surface area contributed by atoms with Crippen LogP contribution < -0.4 is 10.8 Å². The molecule has 0 radical (unpaired) electrons. The van der Waals surface area contributed by atoms with E-state index in [4.69, 9.17) is 0 Å². The molecule has 24 heavy (non-hydrogen) atoms. The van der Waals surface area contributed by atoms with Gasteiger partial charge in [-0.2, -0.15) is 5.48 Å². The fourth-order valence-electron chi connectivity index (χ4n) is 3.89. The average molecular weight is 339 g/mol. The molecule has 5 unspecified atom stereocenters. The number of hydroxylamine groups is 1. The second kappa shape index (κ2) is 9.53. The topological polar surface area (TPSA) is 44.3 Å². The summed E-state index contributed by atoms with van der Waals surface area (Å²) in [6.45, 7) is 13.9. The SMILES string of the molecule is C=C=C(C(C)CCC(F)C(C)(NC)NO)C1CCCCC1C(=C)C. The zero-order chi connectivity index (χ0) is 18.3. The maximum Gasteiger partial charge on any atom is 0.133 e. The number of hydrogen-bond acceptors (Lipinski definition) is 3. The van der Waals surface area contributed by atoms with Crippen LogP contribution in [0.1, 0.15) is 59.3 Å². The van der Waals surface area contributed by atoms with Gasteiger partial charge in [0.05, 0.1) is 0 Å². The van der Waals surface area contributed by atoms with E-state index < -0.39 is 11.8 Å². The van der Waals surface area contributed by atoms with Gasteiger partial charge in [-0.25, -0.2) is 4.39 Å². The summed E-state index contributed by atoms with van der Waals surface area (Å²) >= 11 is 0. The van der Waals surface area contributed by atoms with Crippen molar-refractivity contribution in [2.45, 2.75) is 71.1 Å². The molecule has 0 heterocycles. The van der Waals surface area contributed by atoms with Crippen LogP contribution in [0, 0.1) is 17.8 Å². The number of hydrogen-bond donors (Lipinski definition) is 3. The summed E-state index contributed by atoms with van der Waals surface area (Å²) in [5.74, 6) is 1.16. The largest absolute Gasteiger partial charge is 0.315 e. The quantitative estimate of drug-likeness (QED) is 0.246. The van der Waals surface area contributed by atoms with Gasteiger partial charge in [-0.3, -0.25) is 5.32 Å². The van der Waals surface area contributed by atoms with Crippen LogP contribution in [-0.4, -0.2) is 24.1 Å². The van der Waals surface area contributed by atoms with Crippen LogP contribution in [0.5, 0.6) is 0 Å². The maximum atomic E-state index is 14.5. The summed E-state index contributed by atoms with van der Waals surface area (Å²) in [6, 6.07) is 0. The molecule has 1 rings (SSSR count). The zero-order valence-corrected chi connectivity index (χ0v) is 15.8. The van der Waals surface area contributed by atoms with Crippen molar-refractivity contribution in [1.29, 1.82) is 0 Å². The number of halogens is 1. The van der Waals surface area contributed by atoms with E-state index in [1.807, 2.05) is 5.48 Å². The normalized spacial score (nSPS) is 26.1. The lowest BCUT2D eigenvalue weighted by Crippen LogP contribution is -2.58. The molecule has 0 spiro atoms. The van der Waals surface area contributed by atoms with Gasteiger partial charge in [0.25, 0.3) is 0 Å². The summed E-state index contributed by atoms with van der Waals surface area (Å²) in [5, 5.41) is 12.0. The van der Waals surface area contributed by atoms with Crippen molar-refractivity contribution in [3.8, 4) is 0 Å². The van der Waals surface area contributed by atoms with Crippen molar-refractivity contribution >= 4 is 0 Å². The molecule has 1 aliphatic carbocycles. The number of nitrogens with one attached hydrogen (secondary N) is 2. The van der Waals surface area contributed by atoms with E-state index in [9.17, 15) is 9.60 Å². The molecule has 0 aromatic heterocycles. The molecule has 3 N–H and O–H groups in total. The second-order valence-electron chi connectivity index (χ2n) is 7.49. The highest BCUT2D eigenvalue weighted by Crippen LogP contribution is 2.41. The van der Waals surface area contributed by atoms with E-state index in [1.165, 1.54) is 30.4 Å².